The van der Waals surface area contributed by atoms with Crippen molar-refractivity contribution in [3.8, 4) is 11.5 Å². The van der Waals surface area contributed by atoms with Crippen molar-refractivity contribution in [2.75, 3.05) is 20.3 Å². The lowest BCUT2D eigenvalue weighted by Gasteiger charge is -2.12. The number of benzene rings is 1. The molecular weight excluding hydrogens is 280 g/mol. The highest BCUT2D eigenvalue weighted by atomic mass is 35.5. The number of rotatable bonds is 7. The van der Waals surface area contributed by atoms with Crippen molar-refractivity contribution < 1.29 is 19.0 Å². The summed E-state index contributed by atoms with van der Waals surface area (Å²) in [5, 5.41) is 0.322. The number of esters is 1. The van der Waals surface area contributed by atoms with E-state index in [2.05, 4.69) is 0 Å². The number of hydrogen-bond acceptors (Lipinski definition) is 4. The second-order valence-electron chi connectivity index (χ2n) is 3.90. The summed E-state index contributed by atoms with van der Waals surface area (Å²) in [7, 11) is 1.49. The average molecular weight is 299 g/mol. The lowest BCUT2D eigenvalue weighted by atomic mass is 10.2. The Hall–Kier alpha value is -1.68. The van der Waals surface area contributed by atoms with Gasteiger partial charge in [0.15, 0.2) is 11.5 Å². The largest absolute Gasteiger partial charge is 0.493 e. The quantitative estimate of drug-likeness (QED) is 0.566. The van der Waals surface area contributed by atoms with Crippen LogP contribution in [-0.2, 0) is 4.74 Å². The summed E-state index contributed by atoms with van der Waals surface area (Å²) in [4.78, 5) is 11.9. The van der Waals surface area contributed by atoms with Crippen molar-refractivity contribution in [1.82, 2.24) is 0 Å². The molecule has 110 valence electrons. The molecule has 5 heteroatoms. The summed E-state index contributed by atoms with van der Waals surface area (Å²) < 4.78 is 15.7. The third-order valence-electron chi connectivity index (χ3n) is 2.47. The number of carbonyl (C=O) groups excluding carboxylic acids is 1. The van der Waals surface area contributed by atoms with Gasteiger partial charge in [0.2, 0.25) is 0 Å². The van der Waals surface area contributed by atoms with E-state index in [0.29, 0.717) is 28.7 Å². The summed E-state index contributed by atoms with van der Waals surface area (Å²) >= 11 is 6.09. The van der Waals surface area contributed by atoms with Crippen LogP contribution in [0.5, 0.6) is 11.5 Å². The maximum absolute atomic E-state index is 11.9. The Morgan fingerprint density at radius 2 is 2.05 bits per heavy atom. The molecule has 0 saturated heterocycles. The summed E-state index contributed by atoms with van der Waals surface area (Å²) in [6, 6.07) is 3.07. The molecule has 0 spiro atoms. The van der Waals surface area contributed by atoms with Crippen LogP contribution in [-0.4, -0.2) is 26.3 Å². The van der Waals surface area contributed by atoms with E-state index < -0.39 is 5.97 Å². The predicted octanol–water partition coefficient (Wildman–Crippen LogP) is 3.87. The highest BCUT2D eigenvalue weighted by Gasteiger charge is 2.16. The van der Waals surface area contributed by atoms with Gasteiger partial charge in [0.05, 0.1) is 24.3 Å². The van der Waals surface area contributed by atoms with E-state index in [4.69, 9.17) is 25.8 Å². The van der Waals surface area contributed by atoms with Gasteiger partial charge in [-0.3, -0.25) is 0 Å². The zero-order valence-corrected chi connectivity index (χ0v) is 12.7. The topological polar surface area (TPSA) is 44.8 Å². The number of carbonyl (C=O) groups is 1. The van der Waals surface area contributed by atoms with Crippen LogP contribution in [0.3, 0.4) is 0 Å². The zero-order valence-electron chi connectivity index (χ0n) is 11.9. The molecule has 0 radical (unpaired) electrons. The average Bonchev–Trinajstić information content (AvgIpc) is 2.45. The van der Waals surface area contributed by atoms with E-state index in [1.165, 1.54) is 13.2 Å². The minimum atomic E-state index is -0.450. The van der Waals surface area contributed by atoms with Crippen molar-refractivity contribution in [1.29, 1.82) is 0 Å². The summed E-state index contributed by atoms with van der Waals surface area (Å²) in [6.45, 7) is 4.55. The number of halogens is 1. The molecule has 1 rings (SSSR count). The van der Waals surface area contributed by atoms with Gasteiger partial charge in [0, 0.05) is 0 Å². The van der Waals surface area contributed by atoms with Gasteiger partial charge >= 0.3 is 5.97 Å². The Labute approximate surface area is 124 Å². The van der Waals surface area contributed by atoms with Crippen LogP contribution >= 0.6 is 11.6 Å². The van der Waals surface area contributed by atoms with Gasteiger partial charge in [-0.2, -0.15) is 0 Å². The van der Waals surface area contributed by atoms with Crippen LogP contribution in [0, 0.1) is 0 Å². The van der Waals surface area contributed by atoms with Gasteiger partial charge in [-0.25, -0.2) is 4.79 Å². The first kappa shape index (κ1) is 16.4. The molecule has 0 aliphatic carbocycles. The third kappa shape index (κ3) is 4.46. The van der Waals surface area contributed by atoms with Crippen molar-refractivity contribution in [2.45, 2.75) is 20.3 Å². The smallest absolute Gasteiger partial charge is 0.338 e. The first-order chi connectivity index (χ1) is 9.63. The molecule has 4 nitrogen and oxygen atoms in total. The molecule has 0 aliphatic heterocycles. The maximum atomic E-state index is 11.9. The fourth-order valence-electron chi connectivity index (χ4n) is 1.56. The van der Waals surface area contributed by atoms with E-state index >= 15 is 0 Å². The molecule has 0 N–H and O–H groups in total. The SMILES string of the molecule is CC/C=C/COC(=O)c1cc(Cl)c(OCC)c(OC)c1. The second kappa shape index (κ2) is 8.48. The molecule has 0 amide bonds. The molecule has 1 aromatic rings. The van der Waals surface area contributed by atoms with Crippen molar-refractivity contribution in [2.24, 2.45) is 0 Å². The molecular formula is C15H19ClO4. The highest BCUT2D eigenvalue weighted by Crippen LogP contribution is 2.36. The highest BCUT2D eigenvalue weighted by molar-refractivity contribution is 6.32. The maximum Gasteiger partial charge on any atom is 0.338 e. The Kier molecular flexibility index (Phi) is 6.94. The fourth-order valence-corrected chi connectivity index (χ4v) is 1.83. The molecule has 0 aliphatic rings. The molecule has 0 saturated carbocycles. The van der Waals surface area contributed by atoms with E-state index in [1.54, 1.807) is 12.1 Å². The van der Waals surface area contributed by atoms with Crippen molar-refractivity contribution in [3.05, 3.63) is 34.9 Å². The lowest BCUT2D eigenvalue weighted by molar-refractivity contribution is 0.0549. The summed E-state index contributed by atoms with van der Waals surface area (Å²) in [6.07, 6.45) is 4.63. The Morgan fingerprint density at radius 3 is 2.65 bits per heavy atom. The van der Waals surface area contributed by atoms with Crippen molar-refractivity contribution in [3.63, 3.8) is 0 Å². The van der Waals surface area contributed by atoms with Crippen molar-refractivity contribution >= 4 is 17.6 Å². The molecule has 0 unspecified atom stereocenters. The molecule has 0 heterocycles. The van der Waals surface area contributed by atoms with Crippen LogP contribution in [0.4, 0.5) is 0 Å². The summed E-state index contributed by atoms with van der Waals surface area (Å²) in [5.41, 5.74) is 0.334. The normalized spacial score (nSPS) is 10.6. The Bertz CT molecular complexity index is 483. The fraction of sp³-hybridized carbons (Fsp3) is 0.400. The van der Waals surface area contributed by atoms with Gasteiger partial charge < -0.3 is 14.2 Å². The van der Waals surface area contributed by atoms with Crippen LogP contribution in [0.1, 0.15) is 30.6 Å². The predicted molar refractivity (Wildman–Crippen MR) is 78.9 cm³/mol. The first-order valence-corrected chi connectivity index (χ1v) is 6.84. The van der Waals surface area contributed by atoms with E-state index in [1.807, 2.05) is 19.9 Å². The second-order valence-corrected chi connectivity index (χ2v) is 4.31. The monoisotopic (exact) mass is 298 g/mol. The summed E-state index contributed by atoms with van der Waals surface area (Å²) in [5.74, 6) is 0.392. The molecule has 0 aromatic heterocycles. The van der Waals surface area contributed by atoms with E-state index in [-0.39, 0.29) is 6.61 Å². The van der Waals surface area contributed by atoms with Crippen LogP contribution in [0.25, 0.3) is 0 Å². The van der Waals surface area contributed by atoms with Gasteiger partial charge in [0.1, 0.15) is 6.61 Å². The van der Waals surface area contributed by atoms with Gasteiger partial charge in [-0.1, -0.05) is 30.7 Å². The Balaban J connectivity index is 2.88. The minimum absolute atomic E-state index is 0.236. The van der Waals surface area contributed by atoms with Gasteiger partial charge in [-0.15, -0.1) is 0 Å². The third-order valence-corrected chi connectivity index (χ3v) is 2.75. The van der Waals surface area contributed by atoms with Gasteiger partial charge in [-0.05, 0) is 25.5 Å². The van der Waals surface area contributed by atoms with E-state index in [0.717, 1.165) is 6.42 Å². The number of methoxy groups -OCH3 is 1. The first-order valence-electron chi connectivity index (χ1n) is 6.46. The number of hydrogen-bond donors (Lipinski definition) is 0. The standard InChI is InChI=1S/C15H19ClO4/c1-4-6-7-8-20-15(17)11-9-12(16)14(19-5-2)13(10-11)18-3/h6-7,9-10H,4-5,8H2,1-3H3/b7-6+. The molecule has 20 heavy (non-hydrogen) atoms. The molecule has 1 aromatic carbocycles. The van der Waals surface area contributed by atoms with Gasteiger partial charge in [0.25, 0.3) is 0 Å². The number of allylic oxidation sites excluding steroid dienone is 1. The van der Waals surface area contributed by atoms with Crippen LogP contribution in [0.2, 0.25) is 5.02 Å². The Morgan fingerprint density at radius 1 is 1.30 bits per heavy atom. The van der Waals surface area contributed by atoms with Crippen LogP contribution < -0.4 is 9.47 Å². The molecule has 0 bridgehead atoms. The lowest BCUT2D eigenvalue weighted by Crippen LogP contribution is -2.06. The van der Waals surface area contributed by atoms with E-state index in [9.17, 15) is 4.79 Å². The molecule has 0 atom stereocenters. The molecule has 0 fully saturated rings. The minimum Gasteiger partial charge on any atom is -0.493 e. The van der Waals surface area contributed by atoms with Crippen LogP contribution in [0.15, 0.2) is 24.3 Å². The zero-order chi connectivity index (χ0) is 15.0. The number of ether oxygens (including phenoxy) is 3.